The molecular weight excluding hydrogens is 398 g/mol. The second kappa shape index (κ2) is 9.83. The summed E-state index contributed by atoms with van der Waals surface area (Å²) in [4.78, 5) is 21.0. The van der Waals surface area contributed by atoms with E-state index in [0.717, 1.165) is 42.4 Å². The highest BCUT2D eigenvalue weighted by Crippen LogP contribution is 2.29. The summed E-state index contributed by atoms with van der Waals surface area (Å²) in [6.45, 7) is 5.29. The van der Waals surface area contributed by atoms with Crippen molar-refractivity contribution in [1.82, 2.24) is 15.2 Å². The molecule has 1 N–H and O–H groups in total. The van der Waals surface area contributed by atoms with Crippen molar-refractivity contribution in [2.75, 3.05) is 19.6 Å². The van der Waals surface area contributed by atoms with E-state index in [1.54, 1.807) is 22.7 Å². The standard InChI is InChI=1S/C23H29N3OS2/c1-17-11-13-26(14-12-17)19(21-8-5-15-28-21)16-24-22(27)9-4-10-23-25-18-6-2-3-7-20(18)29-23/h2-3,5-8,15,17,19H,4,9-14,16H2,1H3,(H,24,27). The van der Waals surface area contributed by atoms with Crippen molar-refractivity contribution >= 4 is 38.8 Å². The number of thiophene rings is 1. The average Bonchev–Trinajstić information content (AvgIpc) is 3.39. The number of amides is 1. The van der Waals surface area contributed by atoms with Gasteiger partial charge < -0.3 is 5.32 Å². The van der Waals surface area contributed by atoms with Crippen LogP contribution in [0.25, 0.3) is 10.2 Å². The summed E-state index contributed by atoms with van der Waals surface area (Å²) in [7, 11) is 0. The van der Waals surface area contributed by atoms with E-state index in [-0.39, 0.29) is 5.91 Å². The zero-order valence-corrected chi connectivity index (χ0v) is 18.6. The number of aryl methyl sites for hydroxylation is 1. The molecule has 0 bridgehead atoms. The quantitative estimate of drug-likeness (QED) is 0.533. The van der Waals surface area contributed by atoms with Gasteiger partial charge in [0.2, 0.25) is 5.91 Å². The summed E-state index contributed by atoms with van der Waals surface area (Å²) in [6, 6.07) is 12.8. The Balaban J connectivity index is 1.26. The largest absolute Gasteiger partial charge is 0.354 e. The molecule has 1 saturated heterocycles. The Bertz CT molecular complexity index is 880. The third kappa shape index (κ3) is 5.44. The lowest BCUT2D eigenvalue weighted by Gasteiger charge is -2.36. The van der Waals surface area contributed by atoms with Gasteiger partial charge in [0.25, 0.3) is 0 Å². The van der Waals surface area contributed by atoms with Crippen molar-refractivity contribution in [1.29, 1.82) is 0 Å². The number of fused-ring (bicyclic) bond motifs is 1. The average molecular weight is 428 g/mol. The first kappa shape index (κ1) is 20.5. The summed E-state index contributed by atoms with van der Waals surface area (Å²) >= 11 is 3.53. The molecule has 3 aromatic rings. The number of hydrogen-bond acceptors (Lipinski definition) is 5. The number of likely N-dealkylation sites (tertiary alicyclic amines) is 1. The molecule has 0 spiro atoms. The highest BCUT2D eigenvalue weighted by Gasteiger charge is 2.25. The second-order valence-electron chi connectivity index (χ2n) is 7.98. The maximum Gasteiger partial charge on any atom is 0.220 e. The van der Waals surface area contributed by atoms with Gasteiger partial charge in [-0.15, -0.1) is 22.7 Å². The summed E-state index contributed by atoms with van der Waals surface area (Å²) in [6.07, 6.45) is 4.77. The molecule has 1 atom stereocenters. The molecule has 29 heavy (non-hydrogen) atoms. The molecule has 0 aliphatic carbocycles. The molecule has 2 aromatic heterocycles. The Kier molecular flexibility index (Phi) is 6.95. The number of nitrogens with zero attached hydrogens (tertiary/aromatic N) is 2. The number of para-hydroxylation sites is 1. The lowest BCUT2D eigenvalue weighted by atomic mass is 9.97. The van der Waals surface area contributed by atoms with E-state index < -0.39 is 0 Å². The number of piperidine rings is 1. The van der Waals surface area contributed by atoms with Crippen LogP contribution in [-0.2, 0) is 11.2 Å². The van der Waals surface area contributed by atoms with Crippen LogP contribution in [0.15, 0.2) is 41.8 Å². The minimum absolute atomic E-state index is 0.151. The molecular formula is C23H29N3OS2. The van der Waals surface area contributed by atoms with E-state index in [4.69, 9.17) is 0 Å². The minimum Gasteiger partial charge on any atom is -0.354 e. The number of benzene rings is 1. The Morgan fingerprint density at radius 1 is 1.24 bits per heavy atom. The van der Waals surface area contributed by atoms with Gasteiger partial charge >= 0.3 is 0 Å². The third-order valence-electron chi connectivity index (χ3n) is 5.76. The van der Waals surface area contributed by atoms with E-state index in [1.807, 2.05) is 18.2 Å². The molecule has 154 valence electrons. The molecule has 4 nitrogen and oxygen atoms in total. The number of thiazole rings is 1. The van der Waals surface area contributed by atoms with Crippen LogP contribution in [0.5, 0.6) is 0 Å². The molecule has 1 aromatic carbocycles. The summed E-state index contributed by atoms with van der Waals surface area (Å²) in [5.74, 6) is 0.963. The lowest BCUT2D eigenvalue weighted by Crippen LogP contribution is -2.41. The summed E-state index contributed by atoms with van der Waals surface area (Å²) in [5.41, 5.74) is 1.06. The van der Waals surface area contributed by atoms with E-state index in [1.165, 1.54) is 22.4 Å². The monoisotopic (exact) mass is 427 g/mol. The SMILES string of the molecule is CC1CCN(C(CNC(=O)CCCc2nc3ccccc3s2)c2cccs2)CC1. The lowest BCUT2D eigenvalue weighted by molar-refractivity contribution is -0.121. The first-order chi connectivity index (χ1) is 14.2. The van der Waals surface area contributed by atoms with Crippen LogP contribution >= 0.6 is 22.7 Å². The molecule has 1 amide bonds. The van der Waals surface area contributed by atoms with E-state index in [0.29, 0.717) is 19.0 Å². The maximum absolute atomic E-state index is 12.5. The molecule has 0 radical (unpaired) electrons. The minimum atomic E-state index is 0.151. The van der Waals surface area contributed by atoms with Gasteiger partial charge in [0.1, 0.15) is 0 Å². The number of hydrogen-bond donors (Lipinski definition) is 1. The van der Waals surface area contributed by atoms with Crippen molar-refractivity contribution in [3.05, 3.63) is 51.7 Å². The number of carbonyl (C=O) groups excluding carboxylic acids is 1. The van der Waals surface area contributed by atoms with Crippen molar-refractivity contribution in [3.8, 4) is 0 Å². The molecule has 1 aliphatic rings. The highest BCUT2D eigenvalue weighted by molar-refractivity contribution is 7.18. The van der Waals surface area contributed by atoms with Gasteiger partial charge in [0.05, 0.1) is 21.3 Å². The van der Waals surface area contributed by atoms with Crippen LogP contribution < -0.4 is 5.32 Å². The fourth-order valence-electron chi connectivity index (χ4n) is 3.96. The van der Waals surface area contributed by atoms with Gasteiger partial charge in [-0.25, -0.2) is 4.98 Å². The van der Waals surface area contributed by atoms with Gasteiger partial charge in [0.15, 0.2) is 0 Å². The predicted molar refractivity (Wildman–Crippen MR) is 123 cm³/mol. The maximum atomic E-state index is 12.5. The molecule has 4 rings (SSSR count). The number of carbonyl (C=O) groups is 1. The Hall–Kier alpha value is -1.76. The molecule has 1 unspecified atom stereocenters. The van der Waals surface area contributed by atoms with Crippen LogP contribution in [0.3, 0.4) is 0 Å². The Labute approximate surface area is 181 Å². The third-order valence-corrected chi connectivity index (χ3v) is 7.83. The first-order valence-corrected chi connectivity index (χ1v) is 12.3. The van der Waals surface area contributed by atoms with Crippen LogP contribution in [-0.4, -0.2) is 35.4 Å². The summed E-state index contributed by atoms with van der Waals surface area (Å²) < 4.78 is 1.22. The van der Waals surface area contributed by atoms with Crippen molar-refractivity contribution < 1.29 is 4.79 Å². The van der Waals surface area contributed by atoms with Gasteiger partial charge in [-0.3, -0.25) is 9.69 Å². The zero-order chi connectivity index (χ0) is 20.1. The van der Waals surface area contributed by atoms with Gasteiger partial charge in [-0.1, -0.05) is 25.1 Å². The predicted octanol–water partition coefficient (Wildman–Crippen LogP) is 5.27. The van der Waals surface area contributed by atoms with Crippen molar-refractivity contribution in [2.45, 2.75) is 45.1 Å². The summed E-state index contributed by atoms with van der Waals surface area (Å²) in [5, 5.41) is 6.46. The molecule has 1 fully saturated rings. The van der Waals surface area contributed by atoms with Crippen molar-refractivity contribution in [3.63, 3.8) is 0 Å². The Morgan fingerprint density at radius 3 is 2.83 bits per heavy atom. The fraction of sp³-hybridized carbons (Fsp3) is 0.478. The number of nitrogens with one attached hydrogen (secondary N) is 1. The molecule has 3 heterocycles. The Morgan fingerprint density at radius 2 is 2.07 bits per heavy atom. The molecule has 6 heteroatoms. The van der Waals surface area contributed by atoms with E-state index in [9.17, 15) is 4.79 Å². The van der Waals surface area contributed by atoms with Crippen LogP contribution in [0.4, 0.5) is 0 Å². The molecule has 1 aliphatic heterocycles. The highest BCUT2D eigenvalue weighted by atomic mass is 32.1. The zero-order valence-electron chi connectivity index (χ0n) is 17.0. The van der Waals surface area contributed by atoms with E-state index >= 15 is 0 Å². The van der Waals surface area contributed by atoms with Gasteiger partial charge in [0, 0.05) is 17.8 Å². The number of aromatic nitrogens is 1. The topological polar surface area (TPSA) is 45.2 Å². The molecule has 0 saturated carbocycles. The first-order valence-electron chi connectivity index (χ1n) is 10.6. The van der Waals surface area contributed by atoms with Crippen molar-refractivity contribution in [2.24, 2.45) is 5.92 Å². The van der Waals surface area contributed by atoms with Crippen LogP contribution in [0.1, 0.15) is 48.5 Å². The van der Waals surface area contributed by atoms with E-state index in [2.05, 4.69) is 45.7 Å². The van der Waals surface area contributed by atoms with Gasteiger partial charge in [-0.05, 0) is 68.3 Å². The normalized spacial score (nSPS) is 16.9. The number of rotatable bonds is 8. The van der Waals surface area contributed by atoms with Gasteiger partial charge in [-0.2, -0.15) is 0 Å². The smallest absolute Gasteiger partial charge is 0.220 e. The fourth-order valence-corrected chi connectivity index (χ4v) is 5.83. The van der Waals surface area contributed by atoms with Crippen LogP contribution in [0.2, 0.25) is 0 Å². The second-order valence-corrected chi connectivity index (χ2v) is 10.1. The van der Waals surface area contributed by atoms with Crippen LogP contribution in [0, 0.1) is 5.92 Å².